The normalized spacial score (nSPS) is 16.8. The maximum atomic E-state index is 11.7. The standard InChI is InChI=1S/C11H9BrClNO2/c12-8-5-4-7(13)6-9(8)14-10(15)2-1-3-11(14)16/h4-6H,1-3H2. The second-order valence-electron chi connectivity index (χ2n) is 3.57. The van der Waals surface area contributed by atoms with E-state index in [0.29, 0.717) is 34.4 Å². The molecule has 1 fully saturated rings. The first-order chi connectivity index (χ1) is 7.59. The molecule has 1 aliphatic rings. The lowest BCUT2D eigenvalue weighted by Crippen LogP contribution is -2.40. The Hall–Kier alpha value is -0.870. The summed E-state index contributed by atoms with van der Waals surface area (Å²) in [6.07, 6.45) is 1.45. The average molecular weight is 303 g/mol. The van der Waals surface area contributed by atoms with Crippen molar-refractivity contribution in [2.24, 2.45) is 0 Å². The molecule has 0 aromatic heterocycles. The summed E-state index contributed by atoms with van der Waals surface area (Å²) in [4.78, 5) is 24.6. The van der Waals surface area contributed by atoms with Gasteiger partial charge >= 0.3 is 0 Å². The molecule has 0 unspecified atom stereocenters. The predicted octanol–water partition coefficient (Wildman–Crippen LogP) is 3.15. The number of carbonyl (C=O) groups excluding carboxylic acids is 2. The van der Waals surface area contributed by atoms with Crippen molar-refractivity contribution in [1.29, 1.82) is 0 Å². The monoisotopic (exact) mass is 301 g/mol. The third kappa shape index (κ3) is 2.13. The van der Waals surface area contributed by atoms with Crippen molar-refractivity contribution in [3.63, 3.8) is 0 Å². The molecule has 0 aliphatic carbocycles. The fourth-order valence-corrected chi connectivity index (χ4v) is 2.27. The maximum absolute atomic E-state index is 11.7. The van der Waals surface area contributed by atoms with Crippen molar-refractivity contribution in [3.8, 4) is 0 Å². The fraction of sp³-hybridized carbons (Fsp3) is 0.273. The van der Waals surface area contributed by atoms with E-state index in [4.69, 9.17) is 11.6 Å². The Morgan fingerprint density at radius 3 is 2.44 bits per heavy atom. The second kappa shape index (κ2) is 4.55. The Balaban J connectivity index is 2.45. The predicted molar refractivity (Wildman–Crippen MR) is 65.5 cm³/mol. The van der Waals surface area contributed by atoms with E-state index in [2.05, 4.69) is 15.9 Å². The van der Waals surface area contributed by atoms with Crippen LogP contribution in [0.2, 0.25) is 5.02 Å². The zero-order valence-electron chi connectivity index (χ0n) is 8.37. The van der Waals surface area contributed by atoms with Crippen LogP contribution in [0.4, 0.5) is 5.69 Å². The highest BCUT2D eigenvalue weighted by molar-refractivity contribution is 9.10. The van der Waals surface area contributed by atoms with Crippen molar-refractivity contribution in [1.82, 2.24) is 0 Å². The molecular weight excluding hydrogens is 293 g/mol. The van der Waals surface area contributed by atoms with E-state index in [9.17, 15) is 9.59 Å². The SMILES string of the molecule is O=C1CCCC(=O)N1c1cc(Cl)ccc1Br. The number of hydrogen-bond donors (Lipinski definition) is 0. The number of hydrogen-bond acceptors (Lipinski definition) is 2. The van der Waals surface area contributed by atoms with Crippen LogP contribution in [0.5, 0.6) is 0 Å². The van der Waals surface area contributed by atoms with Crippen molar-refractivity contribution < 1.29 is 9.59 Å². The summed E-state index contributed by atoms with van der Waals surface area (Å²) in [5.74, 6) is -0.335. The molecule has 2 amide bonds. The van der Waals surface area contributed by atoms with Crippen LogP contribution in [0.3, 0.4) is 0 Å². The molecule has 1 aliphatic heterocycles. The first kappa shape index (κ1) is 11.6. The highest BCUT2D eigenvalue weighted by Gasteiger charge is 2.28. The summed E-state index contributed by atoms with van der Waals surface area (Å²) in [5, 5.41) is 0.504. The quantitative estimate of drug-likeness (QED) is 0.747. The van der Waals surface area contributed by atoms with E-state index >= 15 is 0 Å². The molecule has 1 aromatic carbocycles. The first-order valence-corrected chi connectivity index (χ1v) is 6.07. The number of anilines is 1. The summed E-state index contributed by atoms with van der Waals surface area (Å²) in [6.45, 7) is 0. The highest BCUT2D eigenvalue weighted by atomic mass is 79.9. The molecule has 0 spiro atoms. The van der Waals surface area contributed by atoms with Crippen molar-refractivity contribution in [2.75, 3.05) is 4.90 Å². The Labute approximate surface area is 107 Å². The number of amides is 2. The second-order valence-corrected chi connectivity index (χ2v) is 4.86. The highest BCUT2D eigenvalue weighted by Crippen LogP contribution is 2.32. The van der Waals surface area contributed by atoms with E-state index in [1.54, 1.807) is 18.2 Å². The van der Waals surface area contributed by atoms with Gasteiger partial charge in [-0.3, -0.25) is 9.59 Å². The summed E-state index contributed by atoms with van der Waals surface area (Å²) < 4.78 is 0.695. The van der Waals surface area contributed by atoms with E-state index < -0.39 is 0 Å². The smallest absolute Gasteiger partial charge is 0.233 e. The molecule has 0 N–H and O–H groups in total. The van der Waals surface area contributed by atoms with Gasteiger partial charge in [-0.1, -0.05) is 11.6 Å². The van der Waals surface area contributed by atoms with Gasteiger partial charge in [0, 0.05) is 22.3 Å². The number of nitrogens with zero attached hydrogens (tertiary/aromatic N) is 1. The van der Waals surface area contributed by atoms with Crippen molar-refractivity contribution in [3.05, 3.63) is 27.7 Å². The van der Waals surface area contributed by atoms with Gasteiger partial charge in [0.1, 0.15) is 0 Å². The van der Waals surface area contributed by atoms with Gasteiger partial charge in [0.15, 0.2) is 0 Å². The molecule has 1 saturated heterocycles. The molecule has 0 atom stereocenters. The number of rotatable bonds is 1. The summed E-state index contributed by atoms with van der Waals surface area (Å²) >= 11 is 9.18. The van der Waals surface area contributed by atoms with Crippen LogP contribution in [-0.4, -0.2) is 11.8 Å². The minimum absolute atomic E-state index is 0.167. The summed E-state index contributed by atoms with van der Waals surface area (Å²) in [7, 11) is 0. The number of piperidine rings is 1. The molecule has 0 bridgehead atoms. The molecule has 3 nitrogen and oxygen atoms in total. The number of benzene rings is 1. The van der Waals surface area contributed by atoms with Crippen LogP contribution < -0.4 is 4.90 Å². The molecule has 0 radical (unpaired) electrons. The molecule has 0 saturated carbocycles. The van der Waals surface area contributed by atoms with Gasteiger partial charge < -0.3 is 0 Å². The van der Waals surface area contributed by atoms with E-state index in [1.807, 2.05) is 0 Å². The molecule has 1 heterocycles. The zero-order valence-corrected chi connectivity index (χ0v) is 10.7. The topological polar surface area (TPSA) is 37.4 Å². The minimum atomic E-state index is -0.167. The van der Waals surface area contributed by atoms with Crippen LogP contribution in [0.15, 0.2) is 22.7 Å². The third-order valence-corrected chi connectivity index (χ3v) is 3.33. The summed E-state index contributed by atoms with van der Waals surface area (Å²) in [5.41, 5.74) is 0.530. The van der Waals surface area contributed by atoms with E-state index in [1.165, 1.54) is 4.90 Å². The van der Waals surface area contributed by atoms with Crippen LogP contribution in [0, 0.1) is 0 Å². The molecule has 5 heteroatoms. The number of halogens is 2. The Morgan fingerprint density at radius 1 is 1.19 bits per heavy atom. The van der Waals surface area contributed by atoms with Gasteiger partial charge in [-0.25, -0.2) is 4.90 Å². The molecule has 2 rings (SSSR count). The molecule has 1 aromatic rings. The number of carbonyl (C=O) groups is 2. The molecule has 84 valence electrons. The Kier molecular flexibility index (Phi) is 3.30. The zero-order chi connectivity index (χ0) is 11.7. The molecular formula is C11H9BrClNO2. The van der Waals surface area contributed by atoms with Gasteiger partial charge in [-0.2, -0.15) is 0 Å². The van der Waals surface area contributed by atoms with Gasteiger partial charge in [0.05, 0.1) is 5.69 Å². The van der Waals surface area contributed by atoms with Crippen LogP contribution >= 0.6 is 27.5 Å². The number of imide groups is 1. The van der Waals surface area contributed by atoms with Gasteiger partial charge in [-0.15, -0.1) is 0 Å². The van der Waals surface area contributed by atoms with Gasteiger partial charge in [-0.05, 0) is 40.5 Å². The summed E-state index contributed by atoms with van der Waals surface area (Å²) in [6, 6.07) is 5.05. The van der Waals surface area contributed by atoms with Crippen molar-refractivity contribution >= 4 is 45.0 Å². The van der Waals surface area contributed by atoms with Crippen LogP contribution in [0.1, 0.15) is 19.3 Å². The van der Waals surface area contributed by atoms with Crippen molar-refractivity contribution in [2.45, 2.75) is 19.3 Å². The van der Waals surface area contributed by atoms with Gasteiger partial charge in [0.25, 0.3) is 0 Å². The minimum Gasteiger partial charge on any atom is -0.274 e. The fourth-order valence-electron chi connectivity index (χ4n) is 1.68. The van der Waals surface area contributed by atoms with E-state index in [0.717, 1.165) is 0 Å². The lowest BCUT2D eigenvalue weighted by Gasteiger charge is -2.25. The van der Waals surface area contributed by atoms with Gasteiger partial charge in [0.2, 0.25) is 11.8 Å². The lowest BCUT2D eigenvalue weighted by molar-refractivity contribution is -0.129. The maximum Gasteiger partial charge on any atom is 0.233 e. The lowest BCUT2D eigenvalue weighted by atomic mass is 10.1. The van der Waals surface area contributed by atoms with E-state index in [-0.39, 0.29) is 11.8 Å². The molecule has 16 heavy (non-hydrogen) atoms. The Bertz CT molecular complexity index is 445. The largest absolute Gasteiger partial charge is 0.274 e. The average Bonchev–Trinajstić information content (AvgIpc) is 2.23. The third-order valence-electron chi connectivity index (χ3n) is 2.43. The first-order valence-electron chi connectivity index (χ1n) is 4.90. The van der Waals surface area contributed by atoms with Crippen LogP contribution in [0.25, 0.3) is 0 Å². The van der Waals surface area contributed by atoms with Crippen LogP contribution in [-0.2, 0) is 9.59 Å². The Morgan fingerprint density at radius 2 is 1.81 bits per heavy atom.